The number of aliphatic hydroxyl groups is 5. The minimum absolute atomic E-state index is 0.0510. The molecular weight excluding hydrogens is 548 g/mol. The maximum Gasteiger partial charge on any atom is 0.197 e. The Labute approximate surface area is 231 Å². The molecule has 14 nitrogen and oxygen atoms in total. The summed E-state index contributed by atoms with van der Waals surface area (Å²) in [5.74, 6) is -2.34. The second-order valence-corrected chi connectivity index (χ2v) is 10.2. The zero-order chi connectivity index (χ0) is 29.9. The van der Waals surface area contributed by atoms with E-state index in [1.54, 1.807) is 0 Å². The lowest BCUT2D eigenvalue weighted by Gasteiger charge is -2.46. The van der Waals surface area contributed by atoms with Gasteiger partial charge < -0.3 is 64.6 Å². The van der Waals surface area contributed by atoms with Crippen molar-refractivity contribution < 1.29 is 64.6 Å². The van der Waals surface area contributed by atoms with Crippen molar-refractivity contribution in [2.24, 2.45) is 0 Å². The smallest absolute Gasteiger partial charge is 0.197 e. The summed E-state index contributed by atoms with van der Waals surface area (Å²) in [4.78, 5) is 13.1. The van der Waals surface area contributed by atoms with E-state index in [-0.39, 0.29) is 22.3 Å². The molecule has 4 unspecified atom stereocenters. The van der Waals surface area contributed by atoms with Gasteiger partial charge in [-0.25, -0.2) is 0 Å². The van der Waals surface area contributed by atoms with E-state index in [0.717, 1.165) is 18.2 Å². The van der Waals surface area contributed by atoms with Gasteiger partial charge in [-0.05, 0) is 32.0 Å². The molecule has 2 saturated heterocycles. The standard InChI is InChI=1S/C27H30O14/c1-8-20(33)23(36)26(41-27-24(37)22(35)19(32)9(2)39-27)25(38-8)18-14(31)7-16-17(21(18)34)13(30)6-15(40-16)10-3-4-11(28)12(29)5-10/h3-9,19-20,22-29,31-37H,1-2H3/t8?,9?,19-,20-,22?,23?,24-,25+,26-,27-/m0/s1. The Hall–Kier alpha value is -3.47. The van der Waals surface area contributed by atoms with E-state index in [4.69, 9.17) is 18.6 Å². The SMILES string of the molecule is CC1O[C@@H](O[C@H]2C(O)[C@@H](O)C(C)O[C@@H]2c2c(O)cc3oc(-c4ccc(O)c(O)c4)cc(=O)c3c2O)[C@@H](O)C(O)[C@H]1O. The second kappa shape index (κ2) is 10.7. The summed E-state index contributed by atoms with van der Waals surface area (Å²) >= 11 is 0. The molecule has 0 aliphatic carbocycles. The lowest BCUT2D eigenvalue weighted by atomic mass is 9.89. The number of ether oxygens (including phenoxy) is 3. The summed E-state index contributed by atoms with van der Waals surface area (Å²) in [5.41, 5.74) is -1.20. The maximum absolute atomic E-state index is 13.1. The van der Waals surface area contributed by atoms with E-state index in [2.05, 4.69) is 0 Å². The monoisotopic (exact) mass is 578 g/mol. The lowest BCUT2D eigenvalue weighted by Crippen LogP contribution is -2.61. The molecule has 14 heteroatoms. The molecule has 222 valence electrons. The van der Waals surface area contributed by atoms with Gasteiger partial charge in [0.15, 0.2) is 23.2 Å². The highest BCUT2D eigenvalue weighted by atomic mass is 16.7. The van der Waals surface area contributed by atoms with Crippen LogP contribution in [0.5, 0.6) is 23.0 Å². The van der Waals surface area contributed by atoms with Crippen LogP contribution in [0.25, 0.3) is 22.3 Å². The third kappa shape index (κ3) is 4.98. The Morgan fingerprint density at radius 3 is 2.07 bits per heavy atom. The topological polar surface area (TPSA) is 240 Å². The first-order valence-corrected chi connectivity index (χ1v) is 12.7. The molecule has 10 atom stereocenters. The van der Waals surface area contributed by atoms with Crippen molar-refractivity contribution in [2.75, 3.05) is 0 Å². The van der Waals surface area contributed by atoms with E-state index in [1.165, 1.54) is 26.0 Å². The van der Waals surface area contributed by atoms with Crippen LogP contribution in [0.4, 0.5) is 0 Å². The third-order valence-electron chi connectivity index (χ3n) is 7.48. The summed E-state index contributed by atoms with van der Waals surface area (Å²) in [6.07, 6.45) is -15.0. The van der Waals surface area contributed by atoms with Crippen LogP contribution in [-0.2, 0) is 14.2 Å². The summed E-state index contributed by atoms with van der Waals surface area (Å²) < 4.78 is 22.7. The number of hydrogen-bond acceptors (Lipinski definition) is 14. The molecule has 2 aliphatic heterocycles. The van der Waals surface area contributed by atoms with Gasteiger partial charge in [-0.3, -0.25) is 4.79 Å². The highest BCUT2D eigenvalue weighted by molar-refractivity contribution is 5.88. The molecule has 9 N–H and O–H groups in total. The predicted molar refractivity (Wildman–Crippen MR) is 137 cm³/mol. The summed E-state index contributed by atoms with van der Waals surface area (Å²) in [6.45, 7) is 2.82. The molecule has 1 aromatic heterocycles. The highest BCUT2D eigenvalue weighted by Gasteiger charge is 2.50. The Morgan fingerprint density at radius 1 is 0.732 bits per heavy atom. The van der Waals surface area contributed by atoms with E-state index < -0.39 is 95.2 Å². The molecular formula is C27H30O14. The first-order chi connectivity index (χ1) is 19.3. The van der Waals surface area contributed by atoms with Crippen LogP contribution in [0.3, 0.4) is 0 Å². The van der Waals surface area contributed by atoms with Gasteiger partial charge in [0, 0.05) is 17.7 Å². The van der Waals surface area contributed by atoms with Crippen LogP contribution in [-0.4, -0.2) is 101 Å². The number of aliphatic hydroxyl groups excluding tert-OH is 5. The molecule has 0 radical (unpaired) electrons. The van der Waals surface area contributed by atoms with E-state index in [9.17, 15) is 50.8 Å². The Kier molecular flexibility index (Phi) is 7.61. The zero-order valence-corrected chi connectivity index (χ0v) is 21.7. The van der Waals surface area contributed by atoms with Crippen molar-refractivity contribution in [3.63, 3.8) is 0 Å². The molecule has 2 aliphatic rings. The summed E-state index contributed by atoms with van der Waals surface area (Å²) in [5, 5.41) is 93.2. The van der Waals surface area contributed by atoms with Crippen molar-refractivity contribution >= 4 is 11.0 Å². The second-order valence-electron chi connectivity index (χ2n) is 10.2. The highest BCUT2D eigenvalue weighted by Crippen LogP contribution is 2.46. The fourth-order valence-corrected chi connectivity index (χ4v) is 5.11. The van der Waals surface area contributed by atoms with Crippen LogP contribution in [0.15, 0.2) is 39.5 Å². The Bertz CT molecular complexity index is 1500. The minimum Gasteiger partial charge on any atom is -0.507 e. The van der Waals surface area contributed by atoms with Crippen molar-refractivity contribution in [3.8, 4) is 34.3 Å². The minimum atomic E-state index is -1.78. The normalized spacial score (nSPS) is 34.1. The van der Waals surface area contributed by atoms with Crippen LogP contribution < -0.4 is 5.43 Å². The van der Waals surface area contributed by atoms with Crippen molar-refractivity contribution in [3.05, 3.63) is 46.1 Å². The third-order valence-corrected chi connectivity index (χ3v) is 7.48. The van der Waals surface area contributed by atoms with Crippen molar-refractivity contribution in [1.82, 2.24) is 0 Å². The maximum atomic E-state index is 13.1. The molecule has 2 fully saturated rings. The molecule has 2 aromatic carbocycles. The molecule has 3 heterocycles. The number of phenolic OH excluding ortho intramolecular Hbond substituents is 4. The van der Waals surface area contributed by atoms with Gasteiger partial charge in [0.2, 0.25) is 0 Å². The van der Waals surface area contributed by atoms with Crippen LogP contribution >= 0.6 is 0 Å². The number of aromatic hydroxyl groups is 4. The van der Waals surface area contributed by atoms with Gasteiger partial charge in [0.25, 0.3) is 0 Å². The Balaban J connectivity index is 1.58. The van der Waals surface area contributed by atoms with E-state index in [0.29, 0.717) is 0 Å². The van der Waals surface area contributed by atoms with Gasteiger partial charge >= 0.3 is 0 Å². The van der Waals surface area contributed by atoms with Gasteiger partial charge in [-0.2, -0.15) is 0 Å². The lowest BCUT2D eigenvalue weighted by molar-refractivity contribution is -0.336. The fraction of sp³-hybridized carbons (Fsp3) is 0.444. The molecule has 0 saturated carbocycles. The number of phenols is 4. The number of hydrogen-bond donors (Lipinski definition) is 9. The average Bonchev–Trinajstić information content (AvgIpc) is 2.92. The van der Waals surface area contributed by atoms with Crippen LogP contribution in [0, 0.1) is 0 Å². The largest absolute Gasteiger partial charge is 0.507 e. The zero-order valence-electron chi connectivity index (χ0n) is 21.7. The van der Waals surface area contributed by atoms with Gasteiger partial charge in [-0.1, -0.05) is 0 Å². The number of benzene rings is 2. The predicted octanol–water partition coefficient (Wildman–Crippen LogP) is -0.323. The molecule has 3 aromatic rings. The molecule has 0 amide bonds. The number of rotatable bonds is 4. The van der Waals surface area contributed by atoms with Gasteiger partial charge in [0.1, 0.15) is 71.0 Å². The van der Waals surface area contributed by atoms with Gasteiger partial charge in [0.05, 0.1) is 17.8 Å². The fourth-order valence-electron chi connectivity index (χ4n) is 5.11. The first-order valence-electron chi connectivity index (χ1n) is 12.7. The van der Waals surface area contributed by atoms with Crippen molar-refractivity contribution in [1.29, 1.82) is 0 Å². The van der Waals surface area contributed by atoms with E-state index in [1.807, 2.05) is 0 Å². The quantitative estimate of drug-likeness (QED) is 0.180. The molecule has 5 rings (SSSR count). The average molecular weight is 579 g/mol. The van der Waals surface area contributed by atoms with Gasteiger partial charge in [-0.15, -0.1) is 0 Å². The summed E-state index contributed by atoms with van der Waals surface area (Å²) in [7, 11) is 0. The van der Waals surface area contributed by atoms with Crippen LogP contribution in [0.2, 0.25) is 0 Å². The first kappa shape index (κ1) is 29.0. The number of fused-ring (bicyclic) bond motifs is 1. The van der Waals surface area contributed by atoms with E-state index >= 15 is 0 Å². The molecule has 41 heavy (non-hydrogen) atoms. The summed E-state index contributed by atoms with van der Waals surface area (Å²) in [6, 6.07) is 5.75. The Morgan fingerprint density at radius 2 is 1.39 bits per heavy atom. The van der Waals surface area contributed by atoms with Crippen LogP contribution in [0.1, 0.15) is 25.5 Å². The van der Waals surface area contributed by atoms with Crippen molar-refractivity contribution in [2.45, 2.75) is 75.1 Å². The molecule has 0 spiro atoms. The molecule has 0 bridgehead atoms.